The first-order valence-corrected chi connectivity index (χ1v) is 6.03. The minimum absolute atomic E-state index is 0.0829. The van der Waals surface area contributed by atoms with Gasteiger partial charge in [0, 0.05) is 0 Å². The molecule has 1 amide bonds. The number of halogens is 1. The molecule has 0 saturated carbocycles. The van der Waals surface area contributed by atoms with Crippen molar-refractivity contribution in [3.8, 4) is 0 Å². The first-order valence-electron chi connectivity index (χ1n) is 5.24. The van der Waals surface area contributed by atoms with E-state index < -0.39 is 17.9 Å². The first kappa shape index (κ1) is 13.8. The number of carbonyl (C=O) groups excluding carboxylic acids is 1. The molecule has 94 valence electrons. The Morgan fingerprint density at radius 3 is 2.65 bits per heavy atom. The SMILES string of the molecule is CC[C@H](C)[C@H](NC(=O)c1occc1Br)C(=O)O. The molecule has 0 aliphatic heterocycles. The van der Waals surface area contributed by atoms with Crippen molar-refractivity contribution < 1.29 is 19.1 Å². The molecule has 17 heavy (non-hydrogen) atoms. The first-order chi connectivity index (χ1) is 7.97. The highest BCUT2D eigenvalue weighted by atomic mass is 79.9. The number of carbonyl (C=O) groups is 2. The predicted molar refractivity (Wildman–Crippen MR) is 64.8 cm³/mol. The molecule has 0 bridgehead atoms. The number of furan rings is 1. The molecule has 2 N–H and O–H groups in total. The Kier molecular flexibility index (Phi) is 4.74. The second kappa shape index (κ2) is 5.86. The summed E-state index contributed by atoms with van der Waals surface area (Å²) in [4.78, 5) is 22.8. The molecule has 0 radical (unpaired) electrons. The molecular weight excluding hydrogens is 290 g/mol. The average Bonchev–Trinajstić information content (AvgIpc) is 2.70. The quantitative estimate of drug-likeness (QED) is 0.874. The number of hydrogen-bond donors (Lipinski definition) is 2. The third kappa shape index (κ3) is 3.33. The smallest absolute Gasteiger partial charge is 0.326 e. The van der Waals surface area contributed by atoms with E-state index in [-0.39, 0.29) is 11.7 Å². The normalized spacial score (nSPS) is 14.1. The van der Waals surface area contributed by atoms with E-state index in [1.807, 2.05) is 6.92 Å². The summed E-state index contributed by atoms with van der Waals surface area (Å²) in [5, 5.41) is 11.5. The van der Waals surface area contributed by atoms with Gasteiger partial charge in [-0.05, 0) is 27.9 Å². The number of nitrogens with one attached hydrogen (secondary N) is 1. The van der Waals surface area contributed by atoms with Gasteiger partial charge in [0.25, 0.3) is 5.91 Å². The van der Waals surface area contributed by atoms with Crippen LogP contribution in [0, 0.1) is 5.92 Å². The van der Waals surface area contributed by atoms with E-state index in [9.17, 15) is 9.59 Å². The minimum atomic E-state index is -1.05. The van der Waals surface area contributed by atoms with Crippen LogP contribution in [0.2, 0.25) is 0 Å². The number of aliphatic carboxylic acids is 1. The fourth-order valence-corrected chi connectivity index (χ4v) is 1.73. The van der Waals surface area contributed by atoms with Crippen LogP contribution in [-0.2, 0) is 4.79 Å². The average molecular weight is 304 g/mol. The van der Waals surface area contributed by atoms with Crippen LogP contribution in [0.4, 0.5) is 0 Å². The van der Waals surface area contributed by atoms with E-state index in [2.05, 4.69) is 21.2 Å². The molecule has 1 rings (SSSR count). The monoisotopic (exact) mass is 303 g/mol. The molecule has 2 atom stereocenters. The van der Waals surface area contributed by atoms with Crippen LogP contribution in [0.15, 0.2) is 21.2 Å². The van der Waals surface area contributed by atoms with Gasteiger partial charge in [0.2, 0.25) is 5.76 Å². The molecule has 1 heterocycles. The van der Waals surface area contributed by atoms with Gasteiger partial charge in [0.15, 0.2) is 0 Å². The van der Waals surface area contributed by atoms with Gasteiger partial charge in [-0.25, -0.2) is 4.79 Å². The fraction of sp³-hybridized carbons (Fsp3) is 0.455. The van der Waals surface area contributed by atoms with Crippen molar-refractivity contribution in [1.29, 1.82) is 0 Å². The van der Waals surface area contributed by atoms with Gasteiger partial charge in [0.1, 0.15) is 6.04 Å². The maximum Gasteiger partial charge on any atom is 0.326 e. The zero-order valence-electron chi connectivity index (χ0n) is 9.57. The molecule has 5 nitrogen and oxygen atoms in total. The lowest BCUT2D eigenvalue weighted by atomic mass is 9.99. The number of amides is 1. The number of rotatable bonds is 5. The van der Waals surface area contributed by atoms with Gasteiger partial charge in [-0.1, -0.05) is 20.3 Å². The van der Waals surface area contributed by atoms with Crippen LogP contribution < -0.4 is 5.32 Å². The lowest BCUT2D eigenvalue weighted by Gasteiger charge is -2.19. The molecule has 0 fully saturated rings. The zero-order valence-corrected chi connectivity index (χ0v) is 11.2. The predicted octanol–water partition coefficient (Wildman–Crippen LogP) is 2.27. The Balaban J connectivity index is 2.78. The van der Waals surface area contributed by atoms with Crippen molar-refractivity contribution in [3.63, 3.8) is 0 Å². The second-order valence-corrected chi connectivity index (χ2v) is 4.63. The Bertz CT molecular complexity index is 415. The van der Waals surface area contributed by atoms with Crippen LogP contribution in [-0.4, -0.2) is 23.0 Å². The Morgan fingerprint density at radius 1 is 1.59 bits per heavy atom. The third-order valence-corrected chi connectivity index (χ3v) is 3.21. The number of carboxylic acids is 1. The van der Waals surface area contributed by atoms with Crippen LogP contribution in [0.1, 0.15) is 30.8 Å². The maximum atomic E-state index is 11.8. The van der Waals surface area contributed by atoms with Crippen molar-refractivity contribution >= 4 is 27.8 Å². The standard InChI is InChI=1S/C11H14BrNO4/c1-3-6(2)8(11(15)16)13-10(14)9-7(12)4-5-17-9/h4-6,8H,3H2,1-2H3,(H,13,14)(H,15,16)/t6-,8-/m0/s1. The summed E-state index contributed by atoms with van der Waals surface area (Å²) in [6.07, 6.45) is 2.02. The molecule has 0 aliphatic rings. The summed E-state index contributed by atoms with van der Waals surface area (Å²) in [6, 6.07) is 0.665. The van der Waals surface area contributed by atoms with Crippen molar-refractivity contribution in [3.05, 3.63) is 22.6 Å². The topological polar surface area (TPSA) is 79.5 Å². The van der Waals surface area contributed by atoms with Gasteiger partial charge in [-0.2, -0.15) is 0 Å². The Labute approximate surface area is 107 Å². The molecular formula is C11H14BrNO4. The van der Waals surface area contributed by atoms with Gasteiger partial charge in [-0.15, -0.1) is 0 Å². The van der Waals surface area contributed by atoms with E-state index in [1.54, 1.807) is 13.0 Å². The summed E-state index contributed by atoms with van der Waals surface area (Å²) in [5.41, 5.74) is 0. The van der Waals surface area contributed by atoms with E-state index in [0.29, 0.717) is 10.9 Å². The zero-order chi connectivity index (χ0) is 13.0. The molecule has 0 saturated heterocycles. The molecule has 0 unspecified atom stereocenters. The highest BCUT2D eigenvalue weighted by Crippen LogP contribution is 2.18. The van der Waals surface area contributed by atoms with E-state index >= 15 is 0 Å². The molecule has 1 aromatic heterocycles. The fourth-order valence-electron chi connectivity index (χ4n) is 1.35. The lowest BCUT2D eigenvalue weighted by Crippen LogP contribution is -2.45. The van der Waals surface area contributed by atoms with Crippen molar-refractivity contribution in [2.45, 2.75) is 26.3 Å². The maximum absolute atomic E-state index is 11.8. The second-order valence-electron chi connectivity index (χ2n) is 3.77. The van der Waals surface area contributed by atoms with Gasteiger partial charge < -0.3 is 14.8 Å². The van der Waals surface area contributed by atoms with E-state index in [0.717, 1.165) is 0 Å². The molecule has 1 aromatic rings. The number of carboxylic acid groups (broad SMARTS) is 1. The highest BCUT2D eigenvalue weighted by molar-refractivity contribution is 9.10. The summed E-state index contributed by atoms with van der Waals surface area (Å²) < 4.78 is 5.47. The lowest BCUT2D eigenvalue weighted by molar-refractivity contribution is -0.140. The summed E-state index contributed by atoms with van der Waals surface area (Å²) >= 11 is 3.15. The third-order valence-electron chi connectivity index (χ3n) is 2.59. The molecule has 0 spiro atoms. The van der Waals surface area contributed by atoms with Crippen LogP contribution >= 0.6 is 15.9 Å². The number of hydrogen-bond acceptors (Lipinski definition) is 3. The molecule has 6 heteroatoms. The van der Waals surface area contributed by atoms with Crippen molar-refractivity contribution in [2.24, 2.45) is 5.92 Å². The van der Waals surface area contributed by atoms with Crippen molar-refractivity contribution in [1.82, 2.24) is 5.32 Å². The van der Waals surface area contributed by atoms with Crippen molar-refractivity contribution in [2.75, 3.05) is 0 Å². The van der Waals surface area contributed by atoms with Gasteiger partial charge >= 0.3 is 5.97 Å². The molecule has 0 aliphatic carbocycles. The van der Waals surface area contributed by atoms with E-state index in [4.69, 9.17) is 9.52 Å². The minimum Gasteiger partial charge on any atom is -0.480 e. The summed E-state index contributed by atoms with van der Waals surface area (Å²) in [7, 11) is 0. The van der Waals surface area contributed by atoms with Crippen LogP contribution in [0.3, 0.4) is 0 Å². The Hall–Kier alpha value is -1.30. The van der Waals surface area contributed by atoms with Gasteiger partial charge in [-0.3, -0.25) is 4.79 Å². The summed E-state index contributed by atoms with van der Waals surface area (Å²) in [5.74, 6) is -1.64. The highest BCUT2D eigenvalue weighted by Gasteiger charge is 2.27. The largest absolute Gasteiger partial charge is 0.480 e. The van der Waals surface area contributed by atoms with Crippen LogP contribution in [0.5, 0.6) is 0 Å². The summed E-state index contributed by atoms with van der Waals surface area (Å²) in [6.45, 7) is 3.64. The molecule has 0 aromatic carbocycles. The van der Waals surface area contributed by atoms with E-state index in [1.165, 1.54) is 6.26 Å². The van der Waals surface area contributed by atoms with Gasteiger partial charge in [0.05, 0.1) is 10.7 Å². The van der Waals surface area contributed by atoms with Crippen LogP contribution in [0.25, 0.3) is 0 Å². The Morgan fingerprint density at radius 2 is 2.24 bits per heavy atom.